The Kier molecular flexibility index (Phi) is 4.03. The average molecular weight is 394 g/mol. The lowest BCUT2D eigenvalue weighted by atomic mass is 10.2. The van der Waals surface area contributed by atoms with Crippen molar-refractivity contribution in [1.29, 1.82) is 0 Å². The number of halogens is 1. The highest BCUT2D eigenvalue weighted by molar-refractivity contribution is 9.10. The Hall–Kier alpha value is -2.99. The molecule has 2 aromatic carbocycles. The predicted octanol–water partition coefficient (Wildman–Crippen LogP) is 4.90. The minimum atomic E-state index is -0.192. The highest BCUT2D eigenvalue weighted by Crippen LogP contribution is 2.26. The van der Waals surface area contributed by atoms with Crippen molar-refractivity contribution in [1.82, 2.24) is 9.97 Å². The number of benzene rings is 2. The van der Waals surface area contributed by atoms with Crippen LogP contribution in [0, 0.1) is 0 Å². The molecule has 4 rings (SSSR count). The van der Waals surface area contributed by atoms with E-state index in [-0.39, 0.29) is 5.91 Å². The molecule has 6 heteroatoms. The number of hydrogen-bond donors (Lipinski definition) is 1. The van der Waals surface area contributed by atoms with Gasteiger partial charge in [0.05, 0.1) is 11.1 Å². The number of carbonyl (C=O) groups is 1. The van der Waals surface area contributed by atoms with Crippen molar-refractivity contribution < 1.29 is 9.21 Å². The molecular formula is C19H12BrN3O2. The van der Waals surface area contributed by atoms with E-state index in [9.17, 15) is 4.79 Å². The molecule has 0 aliphatic heterocycles. The predicted molar refractivity (Wildman–Crippen MR) is 99.3 cm³/mol. The number of nitrogens with one attached hydrogen (secondary N) is 1. The maximum Gasteiger partial charge on any atom is 0.256 e. The third kappa shape index (κ3) is 3.16. The lowest BCUT2D eigenvalue weighted by Crippen LogP contribution is -2.12. The van der Waals surface area contributed by atoms with Crippen molar-refractivity contribution in [3.05, 3.63) is 77.0 Å². The molecule has 0 unspecified atom stereocenters. The minimum Gasteiger partial charge on any atom is -0.436 e. The molecule has 2 heterocycles. The molecule has 0 fully saturated rings. The average Bonchev–Trinajstić information content (AvgIpc) is 3.06. The number of anilines is 1. The van der Waals surface area contributed by atoms with E-state index in [0.29, 0.717) is 28.2 Å². The second-order valence-corrected chi connectivity index (χ2v) is 6.23. The quantitative estimate of drug-likeness (QED) is 0.537. The van der Waals surface area contributed by atoms with Gasteiger partial charge in [-0.15, -0.1) is 0 Å². The molecule has 5 nitrogen and oxygen atoms in total. The Morgan fingerprint density at radius 1 is 1.08 bits per heavy atom. The molecular weight excluding hydrogens is 382 g/mol. The number of pyridine rings is 1. The fourth-order valence-electron chi connectivity index (χ4n) is 2.46. The van der Waals surface area contributed by atoms with E-state index in [1.165, 1.54) is 0 Å². The van der Waals surface area contributed by atoms with Gasteiger partial charge in [0.1, 0.15) is 5.52 Å². The zero-order chi connectivity index (χ0) is 17.2. The van der Waals surface area contributed by atoms with Gasteiger partial charge in [0.2, 0.25) is 5.89 Å². The van der Waals surface area contributed by atoms with Crippen molar-refractivity contribution in [3.63, 3.8) is 0 Å². The van der Waals surface area contributed by atoms with E-state index >= 15 is 0 Å². The molecule has 122 valence electrons. The molecule has 0 radical (unpaired) electrons. The number of amides is 1. The standard InChI is InChI=1S/C19H12BrN3O2/c20-15-6-2-1-5-14(15)18(24)22-13-7-8-17-16(10-13)23-19(25-17)12-4-3-9-21-11-12/h1-11H,(H,22,24). The minimum absolute atomic E-state index is 0.192. The number of aromatic nitrogens is 2. The number of rotatable bonds is 3. The Labute approximate surface area is 151 Å². The van der Waals surface area contributed by atoms with E-state index in [2.05, 4.69) is 31.2 Å². The van der Waals surface area contributed by atoms with E-state index in [4.69, 9.17) is 4.42 Å². The van der Waals surface area contributed by atoms with Crippen LogP contribution in [0.3, 0.4) is 0 Å². The largest absolute Gasteiger partial charge is 0.436 e. The summed E-state index contributed by atoms with van der Waals surface area (Å²) in [5, 5.41) is 2.88. The van der Waals surface area contributed by atoms with Crippen molar-refractivity contribution in [2.75, 3.05) is 5.32 Å². The van der Waals surface area contributed by atoms with Gasteiger partial charge >= 0.3 is 0 Å². The number of nitrogens with zero attached hydrogens (tertiary/aromatic N) is 2. The third-order valence-corrected chi connectivity index (χ3v) is 4.36. The Bertz CT molecular complexity index is 1060. The van der Waals surface area contributed by atoms with E-state index in [0.717, 1.165) is 10.0 Å². The third-order valence-electron chi connectivity index (χ3n) is 3.67. The second-order valence-electron chi connectivity index (χ2n) is 5.38. The van der Waals surface area contributed by atoms with Crippen molar-refractivity contribution in [2.24, 2.45) is 0 Å². The van der Waals surface area contributed by atoms with Crippen LogP contribution in [-0.2, 0) is 0 Å². The molecule has 1 N–H and O–H groups in total. The highest BCUT2D eigenvalue weighted by atomic mass is 79.9. The van der Waals surface area contributed by atoms with Crippen molar-refractivity contribution in [3.8, 4) is 11.5 Å². The van der Waals surface area contributed by atoms with Gasteiger partial charge in [0.15, 0.2) is 5.58 Å². The van der Waals surface area contributed by atoms with Crippen molar-refractivity contribution >= 4 is 38.6 Å². The molecule has 0 aliphatic carbocycles. The van der Waals surface area contributed by atoms with Crippen LogP contribution in [0.5, 0.6) is 0 Å². The smallest absolute Gasteiger partial charge is 0.256 e. The molecule has 0 saturated heterocycles. The molecule has 25 heavy (non-hydrogen) atoms. The van der Waals surface area contributed by atoms with Gasteiger partial charge in [-0.3, -0.25) is 9.78 Å². The molecule has 0 aliphatic rings. The molecule has 0 spiro atoms. The van der Waals surface area contributed by atoms with Crippen molar-refractivity contribution in [2.45, 2.75) is 0 Å². The highest BCUT2D eigenvalue weighted by Gasteiger charge is 2.12. The first kappa shape index (κ1) is 15.5. The maximum absolute atomic E-state index is 12.4. The van der Waals surface area contributed by atoms with Gasteiger partial charge in [-0.1, -0.05) is 12.1 Å². The van der Waals surface area contributed by atoms with Gasteiger partial charge in [0, 0.05) is 22.6 Å². The van der Waals surface area contributed by atoms with Gasteiger partial charge in [0.25, 0.3) is 5.91 Å². The molecule has 0 saturated carbocycles. The van der Waals surface area contributed by atoms with Gasteiger partial charge in [-0.05, 0) is 58.4 Å². The SMILES string of the molecule is O=C(Nc1ccc2oc(-c3cccnc3)nc2c1)c1ccccc1Br. The Balaban J connectivity index is 1.63. The van der Waals surface area contributed by atoms with E-state index in [1.54, 1.807) is 36.7 Å². The normalized spacial score (nSPS) is 10.8. The van der Waals surface area contributed by atoms with Gasteiger partial charge in [-0.2, -0.15) is 0 Å². The van der Waals surface area contributed by atoms with Crippen LogP contribution in [0.15, 0.2) is 75.9 Å². The maximum atomic E-state index is 12.4. The summed E-state index contributed by atoms with van der Waals surface area (Å²) in [6, 6.07) is 16.3. The summed E-state index contributed by atoms with van der Waals surface area (Å²) in [5.74, 6) is 0.306. The lowest BCUT2D eigenvalue weighted by molar-refractivity contribution is 0.102. The molecule has 4 aromatic rings. The summed E-state index contributed by atoms with van der Waals surface area (Å²) < 4.78 is 6.49. The molecule has 2 aromatic heterocycles. The topological polar surface area (TPSA) is 68.0 Å². The van der Waals surface area contributed by atoms with Crippen LogP contribution in [-0.4, -0.2) is 15.9 Å². The van der Waals surface area contributed by atoms with Gasteiger partial charge < -0.3 is 9.73 Å². The van der Waals surface area contributed by atoms with Crippen LogP contribution >= 0.6 is 15.9 Å². The van der Waals surface area contributed by atoms with Crippen LogP contribution in [0.1, 0.15) is 10.4 Å². The molecule has 1 amide bonds. The summed E-state index contributed by atoms with van der Waals surface area (Å²) in [6.45, 7) is 0. The van der Waals surface area contributed by atoms with Crippen LogP contribution in [0.4, 0.5) is 5.69 Å². The summed E-state index contributed by atoms with van der Waals surface area (Å²) in [5.41, 5.74) is 3.34. The summed E-state index contributed by atoms with van der Waals surface area (Å²) in [6.07, 6.45) is 3.39. The fourth-order valence-corrected chi connectivity index (χ4v) is 2.93. The Morgan fingerprint density at radius 3 is 2.76 bits per heavy atom. The number of carbonyl (C=O) groups excluding carboxylic acids is 1. The second kappa shape index (κ2) is 6.49. The zero-order valence-electron chi connectivity index (χ0n) is 12.9. The number of fused-ring (bicyclic) bond motifs is 1. The van der Waals surface area contributed by atoms with E-state index < -0.39 is 0 Å². The zero-order valence-corrected chi connectivity index (χ0v) is 14.5. The monoisotopic (exact) mass is 393 g/mol. The summed E-state index contributed by atoms with van der Waals surface area (Å²) >= 11 is 3.39. The van der Waals surface area contributed by atoms with Gasteiger partial charge in [-0.25, -0.2) is 4.98 Å². The first-order chi connectivity index (χ1) is 12.2. The van der Waals surface area contributed by atoms with Crippen LogP contribution in [0.25, 0.3) is 22.6 Å². The lowest BCUT2D eigenvalue weighted by Gasteiger charge is -2.06. The Morgan fingerprint density at radius 2 is 1.96 bits per heavy atom. The molecule has 0 bridgehead atoms. The number of oxazole rings is 1. The summed E-state index contributed by atoms with van der Waals surface area (Å²) in [7, 11) is 0. The fraction of sp³-hybridized carbons (Fsp3) is 0. The van der Waals surface area contributed by atoms with Crippen LogP contribution < -0.4 is 5.32 Å². The number of hydrogen-bond acceptors (Lipinski definition) is 4. The van der Waals surface area contributed by atoms with Crippen LogP contribution in [0.2, 0.25) is 0 Å². The summed E-state index contributed by atoms with van der Waals surface area (Å²) in [4.78, 5) is 20.9. The first-order valence-electron chi connectivity index (χ1n) is 7.57. The van der Waals surface area contributed by atoms with E-state index in [1.807, 2.05) is 30.3 Å². The first-order valence-corrected chi connectivity index (χ1v) is 8.37. The molecule has 0 atom stereocenters.